The van der Waals surface area contributed by atoms with Gasteiger partial charge in [0, 0.05) is 90.7 Å². The number of hydrogen-bond donors (Lipinski definition) is 1. The van der Waals surface area contributed by atoms with E-state index in [-0.39, 0.29) is 6.61 Å². The Morgan fingerprint density at radius 2 is 0.588 bits per heavy atom. The van der Waals surface area contributed by atoms with Gasteiger partial charge in [-0.25, -0.2) is 0 Å². The van der Waals surface area contributed by atoms with Crippen LogP contribution in [-0.4, -0.2) is 25.4 Å². The zero-order valence-corrected chi connectivity index (χ0v) is 51.2. The van der Waals surface area contributed by atoms with E-state index in [0.29, 0.717) is 11.8 Å². The lowest BCUT2D eigenvalue weighted by Gasteiger charge is -2.20. The number of rotatable bonds is 36. The molecule has 0 aliphatic rings. The highest BCUT2D eigenvalue weighted by Crippen LogP contribution is 2.41. The van der Waals surface area contributed by atoms with Crippen LogP contribution in [0, 0.1) is 11.8 Å². The Bertz CT molecular complexity index is 3160. The molecule has 0 bridgehead atoms. The predicted molar refractivity (Wildman–Crippen MR) is 352 cm³/mol. The quantitative estimate of drug-likeness (QED) is 0.0390. The minimum absolute atomic E-state index is 0.256. The lowest BCUT2D eigenvalue weighted by molar-refractivity contribution is 0.282. The average Bonchev–Trinajstić information content (AvgIpc) is 4.14. The van der Waals surface area contributed by atoms with Crippen molar-refractivity contribution < 1.29 is 5.11 Å². The normalized spacial score (nSPS) is 12.9. The molecule has 428 valence electrons. The molecule has 9 aromatic rings. The number of benzene rings is 6. The molecule has 3 heterocycles. The van der Waals surface area contributed by atoms with E-state index in [0.717, 1.165) is 55.4 Å². The second-order valence-electron chi connectivity index (χ2n) is 24.3. The van der Waals surface area contributed by atoms with Crippen LogP contribution in [0.1, 0.15) is 207 Å². The van der Waals surface area contributed by atoms with Crippen molar-refractivity contribution in [2.45, 2.75) is 227 Å². The Morgan fingerprint density at radius 3 is 0.938 bits per heavy atom. The lowest BCUT2D eigenvalue weighted by Crippen LogP contribution is -2.11. The largest absolute Gasteiger partial charge is 0.396 e. The van der Waals surface area contributed by atoms with Crippen molar-refractivity contribution in [2.75, 3.05) is 6.61 Å². The number of aliphatic hydroxyl groups excluding tert-OH is 1. The van der Waals surface area contributed by atoms with Crippen LogP contribution in [0.5, 0.6) is 0 Å². The van der Waals surface area contributed by atoms with Crippen LogP contribution >= 0.6 is 23.2 Å². The van der Waals surface area contributed by atoms with Crippen LogP contribution in [0.15, 0.2) is 109 Å². The van der Waals surface area contributed by atoms with Gasteiger partial charge in [-0.2, -0.15) is 0 Å². The van der Waals surface area contributed by atoms with Crippen LogP contribution < -0.4 is 0 Å². The Hall–Kier alpha value is -4.74. The summed E-state index contributed by atoms with van der Waals surface area (Å²) in [6, 6.07) is 41.9. The first-order valence-electron chi connectivity index (χ1n) is 32.4. The van der Waals surface area contributed by atoms with Crippen molar-refractivity contribution in [2.24, 2.45) is 11.8 Å². The van der Waals surface area contributed by atoms with Gasteiger partial charge in [0.05, 0.1) is 11.0 Å². The number of aryl methyl sites for hydroxylation is 1. The molecule has 2 atom stereocenters. The summed E-state index contributed by atoms with van der Waals surface area (Å²) in [4.78, 5) is 0. The lowest BCUT2D eigenvalue weighted by atomic mass is 9.94. The molecular weight excluding hydrogens is 1020 g/mol. The predicted octanol–water partition coefficient (Wildman–Crippen LogP) is 23.9. The Labute approximate surface area is 491 Å². The van der Waals surface area contributed by atoms with E-state index in [1.807, 2.05) is 0 Å². The second kappa shape index (κ2) is 30.5. The summed E-state index contributed by atoms with van der Waals surface area (Å²) in [5, 5.41) is 19.1. The average molecular weight is 1120 g/mol. The maximum atomic E-state index is 9.69. The fourth-order valence-corrected chi connectivity index (χ4v) is 14.0. The third-order valence-corrected chi connectivity index (χ3v) is 18.7. The first-order chi connectivity index (χ1) is 39.3. The monoisotopic (exact) mass is 1110 g/mol. The molecule has 80 heavy (non-hydrogen) atoms. The van der Waals surface area contributed by atoms with Crippen LogP contribution in [0.3, 0.4) is 0 Å². The van der Waals surface area contributed by atoms with Crippen LogP contribution in [0.25, 0.3) is 87.7 Å². The van der Waals surface area contributed by atoms with Gasteiger partial charge < -0.3 is 18.8 Å². The SMILES string of the molecule is CCCCCCCCC(CCCCCC)Cn1c2cc(Cl)ccc2c2ccc(-c3ccc4c5ccc(-c6ccc7c8ccc(Cl)cc8n(CC(CCCCCC)CCCCCCCC)c7c6)cc5n(CCCCCCO)c4c3)cc21. The van der Waals surface area contributed by atoms with Gasteiger partial charge in [-0.1, -0.05) is 253 Å². The summed E-state index contributed by atoms with van der Waals surface area (Å²) >= 11 is 13.7. The second-order valence-corrected chi connectivity index (χ2v) is 25.2. The fraction of sp³-hybridized carbons (Fsp3) is 0.514. The van der Waals surface area contributed by atoms with Gasteiger partial charge in [-0.05, 0) is 121 Å². The van der Waals surface area contributed by atoms with Crippen molar-refractivity contribution >= 4 is 88.6 Å². The molecule has 0 radical (unpaired) electrons. The van der Waals surface area contributed by atoms with E-state index in [1.54, 1.807) is 0 Å². The highest BCUT2D eigenvalue weighted by molar-refractivity contribution is 6.32. The van der Waals surface area contributed by atoms with Gasteiger partial charge in [-0.15, -0.1) is 0 Å². The molecule has 0 saturated heterocycles. The molecule has 4 nitrogen and oxygen atoms in total. The summed E-state index contributed by atoms with van der Waals surface area (Å²) < 4.78 is 7.89. The molecule has 1 N–H and O–H groups in total. The molecule has 0 saturated carbocycles. The maximum absolute atomic E-state index is 9.69. The first kappa shape index (κ1) is 59.9. The number of halogens is 2. The third kappa shape index (κ3) is 14.9. The summed E-state index contributed by atoms with van der Waals surface area (Å²) in [7, 11) is 0. The Kier molecular flexibility index (Phi) is 22.8. The molecule has 0 aliphatic carbocycles. The molecule has 0 amide bonds. The number of aliphatic hydroxyl groups is 1. The van der Waals surface area contributed by atoms with E-state index in [2.05, 4.69) is 151 Å². The molecule has 6 aromatic carbocycles. The number of aromatic nitrogens is 3. The standard InChI is InChI=1S/C74H97Cl2N3O/c1-5-9-13-17-19-25-31-55(29-23-15-11-7-3)53-78-71-49-59(35-41-65(71)67-43-37-61(75)51-73(67)78)57-33-39-63-64-40-34-58(48-70(64)77(69(63)47-57)45-27-21-22-28-46-80)60-36-42-66-68-44-38-62(76)52-74(68)79(72(66)50-60)54-56(30-24-16-12-8-4)32-26-20-18-14-10-6-2/h33-44,47-52,55-56,80H,5-32,45-46,53-54H2,1-4H3. The van der Waals surface area contributed by atoms with Crippen LogP contribution in [0.2, 0.25) is 10.0 Å². The van der Waals surface area contributed by atoms with E-state index < -0.39 is 0 Å². The van der Waals surface area contributed by atoms with Gasteiger partial charge in [-0.3, -0.25) is 0 Å². The Balaban J connectivity index is 1.08. The molecule has 3 aromatic heterocycles. The van der Waals surface area contributed by atoms with E-state index >= 15 is 0 Å². The summed E-state index contributed by atoms with van der Waals surface area (Å²) in [5.41, 5.74) is 12.7. The molecule has 0 aliphatic heterocycles. The van der Waals surface area contributed by atoms with Crippen molar-refractivity contribution in [1.29, 1.82) is 0 Å². The minimum atomic E-state index is 0.256. The molecule has 6 heteroatoms. The summed E-state index contributed by atoms with van der Waals surface area (Å²) in [5.74, 6) is 1.27. The summed E-state index contributed by atoms with van der Waals surface area (Å²) in [6.45, 7) is 12.5. The van der Waals surface area contributed by atoms with Gasteiger partial charge in [0.1, 0.15) is 0 Å². The topological polar surface area (TPSA) is 35.0 Å². The fourth-order valence-electron chi connectivity index (χ4n) is 13.6. The van der Waals surface area contributed by atoms with Gasteiger partial charge in [0.2, 0.25) is 0 Å². The first-order valence-corrected chi connectivity index (χ1v) is 33.2. The van der Waals surface area contributed by atoms with Gasteiger partial charge in [0.15, 0.2) is 0 Å². The zero-order chi connectivity index (χ0) is 55.6. The van der Waals surface area contributed by atoms with E-state index in [9.17, 15) is 5.11 Å². The van der Waals surface area contributed by atoms with E-state index in [1.165, 1.54) is 242 Å². The smallest absolute Gasteiger partial charge is 0.0506 e. The van der Waals surface area contributed by atoms with Crippen LogP contribution in [0.4, 0.5) is 0 Å². The van der Waals surface area contributed by atoms with E-state index in [4.69, 9.17) is 23.2 Å². The third-order valence-electron chi connectivity index (χ3n) is 18.2. The highest BCUT2D eigenvalue weighted by atomic mass is 35.5. The minimum Gasteiger partial charge on any atom is -0.396 e. The van der Waals surface area contributed by atoms with Crippen molar-refractivity contribution in [1.82, 2.24) is 13.7 Å². The molecular formula is C74H97Cl2N3O. The molecule has 0 spiro atoms. The zero-order valence-electron chi connectivity index (χ0n) is 49.7. The van der Waals surface area contributed by atoms with Crippen molar-refractivity contribution in [3.05, 3.63) is 119 Å². The maximum Gasteiger partial charge on any atom is 0.0506 e. The van der Waals surface area contributed by atoms with Crippen molar-refractivity contribution in [3.8, 4) is 22.3 Å². The van der Waals surface area contributed by atoms with Crippen LogP contribution in [-0.2, 0) is 19.6 Å². The number of unbranched alkanes of at least 4 members (excludes halogenated alkanes) is 19. The molecule has 0 fully saturated rings. The number of hydrogen-bond acceptors (Lipinski definition) is 1. The van der Waals surface area contributed by atoms with Gasteiger partial charge >= 0.3 is 0 Å². The Morgan fingerprint density at radius 1 is 0.312 bits per heavy atom. The van der Waals surface area contributed by atoms with Crippen molar-refractivity contribution in [3.63, 3.8) is 0 Å². The molecule has 9 rings (SSSR count). The number of fused-ring (bicyclic) bond motifs is 9. The summed E-state index contributed by atoms with van der Waals surface area (Å²) in [6.07, 6.45) is 35.7. The molecule has 2 unspecified atom stereocenters. The number of nitrogens with zero attached hydrogens (tertiary/aromatic N) is 3. The highest BCUT2D eigenvalue weighted by Gasteiger charge is 2.21. The van der Waals surface area contributed by atoms with Gasteiger partial charge in [0.25, 0.3) is 0 Å².